The van der Waals surface area contributed by atoms with Crippen molar-refractivity contribution in [3.8, 4) is 0 Å². The third-order valence-corrected chi connectivity index (χ3v) is 3.11. The van der Waals surface area contributed by atoms with Crippen molar-refractivity contribution in [2.45, 2.75) is 18.1 Å². The van der Waals surface area contributed by atoms with Gasteiger partial charge in [0, 0.05) is 12.8 Å². The van der Waals surface area contributed by atoms with Crippen LogP contribution >= 0.6 is 0 Å². The number of halogens is 3. The van der Waals surface area contributed by atoms with Gasteiger partial charge in [-0.2, -0.15) is 13.2 Å². The highest BCUT2D eigenvalue weighted by Crippen LogP contribution is 2.29. The van der Waals surface area contributed by atoms with Crippen LogP contribution in [0.15, 0.2) is 18.3 Å². The summed E-state index contributed by atoms with van der Waals surface area (Å²) in [6.45, 7) is 0.214. The third-order valence-electron chi connectivity index (χ3n) is 3.11. The molecular weight excluding hydrogens is 291 g/mol. The van der Waals surface area contributed by atoms with E-state index in [2.05, 4.69) is 15.6 Å². The highest BCUT2D eigenvalue weighted by molar-refractivity contribution is 5.88. The summed E-state index contributed by atoms with van der Waals surface area (Å²) in [6, 6.07) is 0.792. The Labute approximate surface area is 118 Å². The van der Waals surface area contributed by atoms with Crippen LogP contribution in [0.25, 0.3) is 0 Å². The van der Waals surface area contributed by atoms with Gasteiger partial charge in [-0.1, -0.05) is 0 Å². The molecule has 1 unspecified atom stereocenters. The molecule has 1 aromatic rings. The first-order chi connectivity index (χ1) is 9.85. The highest BCUT2D eigenvalue weighted by Gasteiger charge is 2.36. The summed E-state index contributed by atoms with van der Waals surface area (Å²) in [4.78, 5) is 15.4. The lowest BCUT2D eigenvalue weighted by molar-refractivity contribution is -0.137. The van der Waals surface area contributed by atoms with E-state index in [0.717, 1.165) is 18.3 Å². The molecule has 2 rings (SSSR count). The van der Waals surface area contributed by atoms with Gasteiger partial charge in [0.2, 0.25) is 0 Å². The Balaban J connectivity index is 2.03. The largest absolute Gasteiger partial charge is 0.416 e. The van der Waals surface area contributed by atoms with Crippen LogP contribution in [0.3, 0.4) is 0 Å². The second-order valence-corrected chi connectivity index (χ2v) is 4.75. The number of hydrogen-bond acceptors (Lipinski definition) is 4. The van der Waals surface area contributed by atoms with Gasteiger partial charge in [-0.25, -0.2) is 9.78 Å². The number of carbonyl (C=O) groups is 1. The molecule has 1 aliphatic rings. The molecule has 1 aliphatic heterocycles. The quantitative estimate of drug-likeness (QED) is 0.787. The Kier molecular flexibility index (Phi) is 4.33. The lowest BCUT2D eigenvalue weighted by Crippen LogP contribution is -2.53. The summed E-state index contributed by atoms with van der Waals surface area (Å²) >= 11 is 0. The van der Waals surface area contributed by atoms with Crippen molar-refractivity contribution >= 4 is 11.8 Å². The normalized spacial score (nSPS) is 22.1. The van der Waals surface area contributed by atoms with Crippen LogP contribution in [0.2, 0.25) is 0 Å². The van der Waals surface area contributed by atoms with E-state index in [0.29, 0.717) is 13.0 Å². The van der Waals surface area contributed by atoms with E-state index >= 15 is 0 Å². The maximum Gasteiger partial charge on any atom is 0.416 e. The van der Waals surface area contributed by atoms with Crippen molar-refractivity contribution in [2.24, 2.45) is 0 Å². The smallest absolute Gasteiger partial charge is 0.394 e. The molecule has 1 aromatic heterocycles. The van der Waals surface area contributed by atoms with Crippen LogP contribution in [-0.4, -0.2) is 41.5 Å². The van der Waals surface area contributed by atoms with Crippen molar-refractivity contribution in [1.29, 1.82) is 0 Å². The number of aliphatic hydroxyl groups is 1. The maximum absolute atomic E-state index is 12.5. The number of hydrogen-bond donors (Lipinski definition) is 3. The fourth-order valence-corrected chi connectivity index (χ4v) is 1.93. The van der Waals surface area contributed by atoms with Gasteiger partial charge in [-0.05, 0) is 18.6 Å². The van der Waals surface area contributed by atoms with E-state index in [4.69, 9.17) is 4.74 Å². The summed E-state index contributed by atoms with van der Waals surface area (Å²) in [7, 11) is 0. The molecule has 0 aromatic carbocycles. The SMILES string of the molecule is O=C(Nc1cc(C(F)(F)F)ccn1)NC1(CO)CCOC1. The summed E-state index contributed by atoms with van der Waals surface area (Å²) < 4.78 is 42.7. The lowest BCUT2D eigenvalue weighted by atomic mass is 10.0. The van der Waals surface area contributed by atoms with E-state index < -0.39 is 23.3 Å². The number of ether oxygens (including phenoxy) is 1. The van der Waals surface area contributed by atoms with Crippen LogP contribution in [-0.2, 0) is 10.9 Å². The second-order valence-electron chi connectivity index (χ2n) is 4.75. The summed E-state index contributed by atoms with van der Waals surface area (Å²) in [6.07, 6.45) is -3.13. The predicted molar refractivity (Wildman–Crippen MR) is 66.6 cm³/mol. The van der Waals surface area contributed by atoms with Crippen molar-refractivity contribution in [2.75, 3.05) is 25.1 Å². The van der Waals surface area contributed by atoms with Gasteiger partial charge in [0.15, 0.2) is 0 Å². The molecule has 0 spiro atoms. The van der Waals surface area contributed by atoms with E-state index in [1.54, 1.807) is 0 Å². The van der Waals surface area contributed by atoms with Gasteiger partial charge in [0.25, 0.3) is 0 Å². The second kappa shape index (κ2) is 5.86. The zero-order chi connectivity index (χ0) is 15.5. The van der Waals surface area contributed by atoms with Crippen molar-refractivity contribution < 1.29 is 27.8 Å². The summed E-state index contributed by atoms with van der Waals surface area (Å²) in [5.74, 6) is -0.227. The fourth-order valence-electron chi connectivity index (χ4n) is 1.93. The number of carbonyl (C=O) groups excluding carboxylic acids is 1. The van der Waals surface area contributed by atoms with Gasteiger partial charge >= 0.3 is 12.2 Å². The molecule has 3 N–H and O–H groups in total. The molecule has 2 heterocycles. The molecule has 0 radical (unpaired) electrons. The Morgan fingerprint density at radius 1 is 1.52 bits per heavy atom. The molecule has 2 amide bonds. The topological polar surface area (TPSA) is 83.5 Å². The number of rotatable bonds is 3. The fraction of sp³-hybridized carbons (Fsp3) is 0.500. The Bertz CT molecular complexity index is 516. The average Bonchev–Trinajstić information content (AvgIpc) is 2.87. The maximum atomic E-state index is 12.5. The molecule has 1 saturated heterocycles. The Morgan fingerprint density at radius 2 is 2.29 bits per heavy atom. The van der Waals surface area contributed by atoms with Crippen LogP contribution in [0.4, 0.5) is 23.8 Å². The third kappa shape index (κ3) is 3.82. The number of aliphatic hydroxyl groups excluding tert-OH is 1. The number of alkyl halides is 3. The molecule has 0 bridgehead atoms. The number of urea groups is 1. The van der Waals surface area contributed by atoms with Crippen LogP contribution in [0.1, 0.15) is 12.0 Å². The predicted octanol–water partition coefficient (Wildman–Crippen LogP) is 1.37. The van der Waals surface area contributed by atoms with Gasteiger partial charge in [0.1, 0.15) is 5.82 Å². The molecular formula is C12H14F3N3O3. The molecule has 21 heavy (non-hydrogen) atoms. The van der Waals surface area contributed by atoms with Crippen LogP contribution in [0.5, 0.6) is 0 Å². The zero-order valence-electron chi connectivity index (χ0n) is 10.9. The van der Waals surface area contributed by atoms with E-state index in [1.165, 1.54) is 0 Å². The van der Waals surface area contributed by atoms with E-state index in [-0.39, 0.29) is 19.0 Å². The minimum absolute atomic E-state index is 0.146. The van der Waals surface area contributed by atoms with Crippen LogP contribution < -0.4 is 10.6 Å². The molecule has 0 aliphatic carbocycles. The lowest BCUT2D eigenvalue weighted by Gasteiger charge is -2.26. The standard InChI is InChI=1S/C12H14F3N3O3/c13-12(14,15)8-1-3-16-9(5-8)17-10(20)18-11(6-19)2-4-21-7-11/h1,3,5,19H,2,4,6-7H2,(H2,16,17,18,20). The summed E-state index contributed by atoms with van der Waals surface area (Å²) in [5.41, 5.74) is -1.82. The first kappa shape index (κ1) is 15.5. The summed E-state index contributed by atoms with van der Waals surface area (Å²) in [5, 5.41) is 14.0. The Hall–Kier alpha value is -1.87. The number of pyridine rings is 1. The number of anilines is 1. The van der Waals surface area contributed by atoms with E-state index in [1.807, 2.05) is 0 Å². The average molecular weight is 305 g/mol. The number of amides is 2. The number of nitrogens with zero attached hydrogens (tertiary/aromatic N) is 1. The van der Waals surface area contributed by atoms with Gasteiger partial charge in [0.05, 0.1) is 24.3 Å². The van der Waals surface area contributed by atoms with Crippen LogP contribution in [0, 0.1) is 0 Å². The van der Waals surface area contributed by atoms with Crippen molar-refractivity contribution in [3.05, 3.63) is 23.9 Å². The monoisotopic (exact) mass is 305 g/mol. The Morgan fingerprint density at radius 3 is 2.86 bits per heavy atom. The number of aromatic nitrogens is 1. The molecule has 1 atom stereocenters. The highest BCUT2D eigenvalue weighted by atomic mass is 19.4. The molecule has 6 nitrogen and oxygen atoms in total. The molecule has 9 heteroatoms. The first-order valence-electron chi connectivity index (χ1n) is 6.16. The minimum atomic E-state index is -4.51. The zero-order valence-corrected chi connectivity index (χ0v) is 10.9. The molecule has 116 valence electrons. The van der Waals surface area contributed by atoms with Gasteiger partial charge < -0.3 is 15.2 Å². The molecule has 0 saturated carbocycles. The first-order valence-corrected chi connectivity index (χ1v) is 6.16. The van der Waals surface area contributed by atoms with Gasteiger partial charge in [-0.15, -0.1) is 0 Å². The van der Waals surface area contributed by atoms with Crippen molar-refractivity contribution in [3.63, 3.8) is 0 Å². The number of nitrogens with one attached hydrogen (secondary N) is 2. The van der Waals surface area contributed by atoms with E-state index in [9.17, 15) is 23.1 Å². The van der Waals surface area contributed by atoms with Crippen molar-refractivity contribution in [1.82, 2.24) is 10.3 Å². The molecule has 1 fully saturated rings. The minimum Gasteiger partial charge on any atom is -0.394 e. The van der Waals surface area contributed by atoms with Gasteiger partial charge in [-0.3, -0.25) is 5.32 Å².